The van der Waals surface area contributed by atoms with Crippen LogP contribution < -0.4 is 49.1 Å². The number of carbonyl (C=O) groups excluding carboxylic acids is 6. The third-order valence-corrected chi connectivity index (χ3v) is 14.6. The molecule has 0 saturated carbocycles. The van der Waals surface area contributed by atoms with E-state index in [1.807, 2.05) is 146 Å². The van der Waals surface area contributed by atoms with E-state index in [4.69, 9.17) is 17.2 Å². The Labute approximate surface area is 475 Å². The van der Waals surface area contributed by atoms with Crippen LogP contribution in [-0.2, 0) is 14.4 Å². The molecule has 0 unspecified atom stereocenters. The van der Waals surface area contributed by atoms with Gasteiger partial charge in [0, 0.05) is 55.7 Å². The summed E-state index contributed by atoms with van der Waals surface area (Å²) in [6.45, 7) is 1.36. The molecule has 0 aliphatic carbocycles. The number of rotatable bonds is 27. The van der Waals surface area contributed by atoms with Crippen LogP contribution in [0.3, 0.4) is 0 Å². The molecule has 82 heavy (non-hydrogen) atoms. The molecule has 0 radical (unpaired) electrons. The summed E-state index contributed by atoms with van der Waals surface area (Å²) in [5.74, 6) is -2.71. The fourth-order valence-corrected chi connectivity index (χ4v) is 10.1. The topological polar surface area (TPSA) is 300 Å². The van der Waals surface area contributed by atoms with E-state index < -0.39 is 41.8 Å². The number of aromatic nitrogens is 3. The lowest BCUT2D eigenvalue weighted by molar-refractivity contribution is -0.118. The first-order valence-electron chi connectivity index (χ1n) is 28.0. The number of hydrogen-bond acceptors (Lipinski definition) is 9. The molecule has 0 aliphatic rings. The van der Waals surface area contributed by atoms with E-state index in [0.29, 0.717) is 112 Å². The molecule has 9 rings (SSSR count). The Kier molecular flexibility index (Phi) is 19.4. The largest absolute Gasteiger partial charge is 0.351 e. The SMILES string of the molecule is NCCCC[C@@H](NC(=O)c1cc2ccccc2[nH]1)C(=O)Nc1ccc(C(c2ccc(NC(=O)[C@@H](CCCCN)NC(=O)c3cc4ccccc4[nH]3)cc2)c2ccc(NC(=O)[C@@H](CCCCN)NC(=O)c3cc4ccccc4[nH]3)cc2)cc1. The molecule has 9 aromatic rings. The van der Waals surface area contributed by atoms with Crippen LogP contribution in [0.1, 0.15) is 112 Å². The highest BCUT2D eigenvalue weighted by Crippen LogP contribution is 2.34. The number of aromatic amines is 3. The average Bonchev–Trinajstić information content (AvgIpc) is 4.41. The Morgan fingerprint density at radius 2 is 0.622 bits per heavy atom. The van der Waals surface area contributed by atoms with E-state index in [-0.39, 0.29) is 17.7 Å². The first-order chi connectivity index (χ1) is 40.0. The molecule has 0 fully saturated rings. The molecule has 422 valence electrons. The van der Waals surface area contributed by atoms with Crippen LogP contribution in [0.4, 0.5) is 17.1 Å². The second kappa shape index (κ2) is 27.7. The molecule has 15 N–H and O–H groups in total. The van der Waals surface area contributed by atoms with Crippen molar-refractivity contribution < 1.29 is 28.8 Å². The number of fused-ring (bicyclic) bond motifs is 3. The van der Waals surface area contributed by atoms with E-state index in [9.17, 15) is 28.8 Å². The number of nitrogens with two attached hydrogens (primary N) is 3. The lowest BCUT2D eigenvalue weighted by Crippen LogP contribution is -2.44. The molecule has 6 amide bonds. The molecule has 3 atom stereocenters. The predicted octanol–water partition coefficient (Wildman–Crippen LogP) is 8.91. The predicted molar refractivity (Wildman–Crippen MR) is 324 cm³/mol. The fraction of sp³-hybridized carbons (Fsp3) is 0.250. The number of benzene rings is 6. The molecule has 3 aromatic heterocycles. The Bertz CT molecular complexity index is 3170. The zero-order valence-corrected chi connectivity index (χ0v) is 45.6. The summed E-state index contributed by atoms with van der Waals surface area (Å²) in [6, 6.07) is 47.8. The van der Waals surface area contributed by atoms with Crippen LogP contribution in [0.25, 0.3) is 32.7 Å². The zero-order chi connectivity index (χ0) is 57.4. The average molecular weight is 1100 g/mol. The first-order valence-corrected chi connectivity index (χ1v) is 28.0. The van der Waals surface area contributed by atoms with Gasteiger partial charge in [0.05, 0.1) is 0 Å². The van der Waals surface area contributed by atoms with E-state index in [1.54, 1.807) is 18.2 Å². The smallest absolute Gasteiger partial charge is 0.268 e. The second-order valence-electron chi connectivity index (χ2n) is 20.5. The highest BCUT2D eigenvalue weighted by atomic mass is 16.2. The van der Waals surface area contributed by atoms with Crippen molar-refractivity contribution >= 4 is 85.2 Å². The van der Waals surface area contributed by atoms with Gasteiger partial charge in [-0.25, -0.2) is 0 Å². The van der Waals surface area contributed by atoms with Gasteiger partial charge < -0.3 is 64.1 Å². The third kappa shape index (κ3) is 14.7. The first kappa shape index (κ1) is 57.3. The molecule has 0 saturated heterocycles. The van der Waals surface area contributed by atoms with Gasteiger partial charge in [0.1, 0.15) is 35.2 Å². The van der Waals surface area contributed by atoms with Gasteiger partial charge in [-0.05, 0) is 167 Å². The third-order valence-electron chi connectivity index (χ3n) is 14.6. The summed E-state index contributed by atoms with van der Waals surface area (Å²) in [4.78, 5) is 91.8. The van der Waals surface area contributed by atoms with Crippen molar-refractivity contribution in [1.29, 1.82) is 0 Å². The minimum absolute atomic E-state index is 0.348. The summed E-state index contributed by atoms with van der Waals surface area (Å²) in [5, 5.41) is 20.5. The summed E-state index contributed by atoms with van der Waals surface area (Å²) in [5.41, 5.74) is 25.0. The summed E-state index contributed by atoms with van der Waals surface area (Å²) < 4.78 is 0. The number of hydrogen-bond donors (Lipinski definition) is 12. The number of carbonyl (C=O) groups is 6. The number of unbranched alkanes of at least 4 members (excludes halogenated alkanes) is 3. The fourth-order valence-electron chi connectivity index (χ4n) is 10.1. The second-order valence-corrected chi connectivity index (χ2v) is 20.5. The van der Waals surface area contributed by atoms with E-state index >= 15 is 0 Å². The lowest BCUT2D eigenvalue weighted by Gasteiger charge is -2.22. The van der Waals surface area contributed by atoms with Crippen LogP contribution in [0, 0.1) is 0 Å². The Morgan fingerprint density at radius 3 is 0.878 bits per heavy atom. The van der Waals surface area contributed by atoms with Gasteiger partial charge in [0.15, 0.2) is 0 Å². The van der Waals surface area contributed by atoms with Gasteiger partial charge in [-0.15, -0.1) is 0 Å². The Morgan fingerprint density at radius 1 is 0.354 bits per heavy atom. The van der Waals surface area contributed by atoms with Crippen LogP contribution in [0.15, 0.2) is 164 Å². The number of anilines is 3. The molecule has 3 heterocycles. The molecule has 0 spiro atoms. The number of H-pyrrole nitrogens is 3. The molecule has 18 heteroatoms. The zero-order valence-electron chi connectivity index (χ0n) is 45.6. The number of para-hydroxylation sites is 3. The molecular weight excluding hydrogens is 1030 g/mol. The normalized spacial score (nSPS) is 12.4. The van der Waals surface area contributed by atoms with Crippen LogP contribution in [0.5, 0.6) is 0 Å². The highest BCUT2D eigenvalue weighted by molar-refractivity contribution is 6.05. The molecular formula is C64H70N12O6. The van der Waals surface area contributed by atoms with Crippen LogP contribution in [0.2, 0.25) is 0 Å². The highest BCUT2D eigenvalue weighted by Gasteiger charge is 2.27. The van der Waals surface area contributed by atoms with Crippen molar-refractivity contribution in [2.24, 2.45) is 17.2 Å². The molecule has 18 nitrogen and oxygen atoms in total. The maximum atomic E-state index is 14.0. The van der Waals surface area contributed by atoms with Gasteiger partial charge >= 0.3 is 0 Å². The van der Waals surface area contributed by atoms with Crippen molar-refractivity contribution in [3.05, 3.63) is 198 Å². The van der Waals surface area contributed by atoms with Crippen molar-refractivity contribution in [3.8, 4) is 0 Å². The van der Waals surface area contributed by atoms with Crippen molar-refractivity contribution in [2.45, 2.75) is 81.8 Å². The standard InChI is InChI=1S/C64H70N12O6/c65-34-10-7-19-52(74-62(80)55-37-43-13-1-4-16-49(43)71-55)59(77)68-46-28-22-40(23-29-46)58(41-24-30-47(31-25-41)69-60(78)53(20-8-11-35-66)75-63(81)56-38-44-14-2-5-17-50(44)72-56)42-26-32-48(33-27-42)70-61(79)54(21-9-12-36-67)76-64(82)57-39-45-15-3-6-18-51(45)73-57/h1-6,13-18,22-33,37-39,52-54,58,71-73H,7-12,19-21,34-36,65-67H2,(H,68,77)(H,69,78)(H,70,79)(H,74,80)(H,75,81)(H,76,82)/t52-,53-,54-/m1/s1. The minimum atomic E-state index is -0.843. The van der Waals surface area contributed by atoms with E-state index in [1.165, 1.54) is 0 Å². The van der Waals surface area contributed by atoms with Crippen molar-refractivity contribution in [1.82, 2.24) is 30.9 Å². The number of nitrogens with one attached hydrogen (secondary N) is 9. The summed E-state index contributed by atoms with van der Waals surface area (Å²) in [7, 11) is 0. The molecule has 6 aromatic carbocycles. The minimum Gasteiger partial charge on any atom is -0.351 e. The van der Waals surface area contributed by atoms with Crippen LogP contribution in [-0.4, -0.2) is 88.2 Å². The Hall–Kier alpha value is -9.36. The number of amides is 6. The van der Waals surface area contributed by atoms with Crippen molar-refractivity contribution in [2.75, 3.05) is 35.6 Å². The van der Waals surface area contributed by atoms with Gasteiger partial charge in [-0.1, -0.05) is 91.0 Å². The van der Waals surface area contributed by atoms with E-state index in [2.05, 4.69) is 46.9 Å². The van der Waals surface area contributed by atoms with Gasteiger partial charge in [-0.2, -0.15) is 0 Å². The molecule has 0 aliphatic heterocycles. The van der Waals surface area contributed by atoms with Gasteiger partial charge in [0.25, 0.3) is 17.7 Å². The van der Waals surface area contributed by atoms with Crippen molar-refractivity contribution in [3.63, 3.8) is 0 Å². The molecule has 0 bridgehead atoms. The Balaban J connectivity index is 0.942. The monoisotopic (exact) mass is 1100 g/mol. The van der Waals surface area contributed by atoms with Crippen LogP contribution >= 0.6 is 0 Å². The summed E-state index contributed by atoms with van der Waals surface area (Å²) >= 11 is 0. The summed E-state index contributed by atoms with van der Waals surface area (Å²) in [6.07, 6.45) is 5.08. The van der Waals surface area contributed by atoms with E-state index in [0.717, 1.165) is 49.4 Å². The van der Waals surface area contributed by atoms with Gasteiger partial charge in [-0.3, -0.25) is 28.8 Å². The quantitative estimate of drug-likeness (QED) is 0.0173. The maximum Gasteiger partial charge on any atom is 0.268 e. The maximum absolute atomic E-state index is 14.0. The van der Waals surface area contributed by atoms with Gasteiger partial charge in [0.2, 0.25) is 17.7 Å². The lowest BCUT2D eigenvalue weighted by atomic mass is 9.85.